The minimum atomic E-state index is -0.454. The van der Waals surface area contributed by atoms with E-state index < -0.39 is 5.54 Å². The number of hydrogen-bond donors (Lipinski definition) is 0. The van der Waals surface area contributed by atoms with Crippen molar-refractivity contribution in [2.24, 2.45) is 0 Å². The monoisotopic (exact) mass is 357 g/mol. The fourth-order valence-corrected chi connectivity index (χ4v) is 3.27. The number of hydrogen-bond acceptors (Lipinski definition) is 4. The summed E-state index contributed by atoms with van der Waals surface area (Å²) in [6.45, 7) is 4.90. The van der Waals surface area contributed by atoms with Crippen molar-refractivity contribution in [3.8, 4) is 11.5 Å². The number of rotatable bonds is 2. The lowest BCUT2D eigenvalue weighted by molar-refractivity contribution is -0.0846. The zero-order valence-corrected chi connectivity index (χ0v) is 14.7. The zero-order valence-electron chi connectivity index (χ0n) is 14.7. The van der Waals surface area contributed by atoms with Crippen LogP contribution in [0.4, 0.5) is 4.39 Å². The fourth-order valence-electron chi connectivity index (χ4n) is 3.27. The summed E-state index contributed by atoms with van der Waals surface area (Å²) in [5, 5.41) is 0. The number of halogens is 1. The van der Waals surface area contributed by atoms with Gasteiger partial charge in [-0.2, -0.15) is 0 Å². The van der Waals surface area contributed by atoms with E-state index in [4.69, 9.17) is 14.2 Å². The summed E-state index contributed by atoms with van der Waals surface area (Å²) in [6.07, 6.45) is -0.290. The van der Waals surface area contributed by atoms with Crippen molar-refractivity contribution >= 4 is 5.91 Å². The van der Waals surface area contributed by atoms with Gasteiger partial charge in [-0.05, 0) is 49.7 Å². The summed E-state index contributed by atoms with van der Waals surface area (Å²) >= 11 is 0. The van der Waals surface area contributed by atoms with Gasteiger partial charge in [0.2, 0.25) is 6.79 Å². The van der Waals surface area contributed by atoms with Gasteiger partial charge in [0.15, 0.2) is 11.5 Å². The van der Waals surface area contributed by atoms with Crippen molar-refractivity contribution in [2.45, 2.75) is 25.5 Å². The number of benzene rings is 2. The molecule has 136 valence electrons. The molecule has 4 rings (SSSR count). The van der Waals surface area contributed by atoms with Gasteiger partial charge in [0, 0.05) is 5.56 Å². The van der Waals surface area contributed by atoms with Crippen molar-refractivity contribution < 1.29 is 23.4 Å². The van der Waals surface area contributed by atoms with Crippen LogP contribution in [0.1, 0.15) is 35.9 Å². The minimum Gasteiger partial charge on any atom is -0.454 e. The molecule has 2 aliphatic heterocycles. The maximum absolute atomic E-state index is 13.2. The molecule has 0 radical (unpaired) electrons. The predicted octanol–water partition coefficient (Wildman–Crippen LogP) is 3.55. The van der Waals surface area contributed by atoms with Gasteiger partial charge < -0.3 is 19.1 Å². The maximum Gasteiger partial charge on any atom is 0.254 e. The van der Waals surface area contributed by atoms with Gasteiger partial charge in [0.05, 0.1) is 18.7 Å². The largest absolute Gasteiger partial charge is 0.454 e. The van der Waals surface area contributed by atoms with Crippen LogP contribution in [0.3, 0.4) is 0 Å². The van der Waals surface area contributed by atoms with Gasteiger partial charge in [-0.15, -0.1) is 0 Å². The van der Waals surface area contributed by atoms with Crippen molar-refractivity contribution in [1.82, 2.24) is 4.90 Å². The highest BCUT2D eigenvalue weighted by molar-refractivity contribution is 5.95. The maximum atomic E-state index is 13.2. The summed E-state index contributed by atoms with van der Waals surface area (Å²) in [5.41, 5.74) is 0.941. The third-order valence-corrected chi connectivity index (χ3v) is 4.82. The second kappa shape index (κ2) is 6.29. The third-order valence-electron chi connectivity index (χ3n) is 4.82. The van der Waals surface area contributed by atoms with Gasteiger partial charge in [-0.1, -0.05) is 12.1 Å². The predicted molar refractivity (Wildman–Crippen MR) is 92.8 cm³/mol. The molecule has 1 saturated heterocycles. The molecule has 1 amide bonds. The van der Waals surface area contributed by atoms with Gasteiger partial charge in [0.25, 0.3) is 5.91 Å². The van der Waals surface area contributed by atoms with E-state index in [-0.39, 0.29) is 24.6 Å². The topological polar surface area (TPSA) is 48.0 Å². The normalized spacial score (nSPS) is 20.9. The zero-order chi connectivity index (χ0) is 18.3. The number of ether oxygens (including phenoxy) is 3. The molecule has 1 unspecified atom stereocenters. The molecule has 26 heavy (non-hydrogen) atoms. The Balaban J connectivity index is 1.60. The number of amides is 1. The molecule has 1 fully saturated rings. The molecule has 0 bridgehead atoms. The Morgan fingerprint density at radius 1 is 1.12 bits per heavy atom. The van der Waals surface area contributed by atoms with E-state index in [0.29, 0.717) is 30.2 Å². The Morgan fingerprint density at radius 3 is 2.62 bits per heavy atom. The molecule has 2 aliphatic rings. The van der Waals surface area contributed by atoms with Crippen LogP contribution >= 0.6 is 0 Å². The van der Waals surface area contributed by atoms with Crippen LogP contribution in [-0.2, 0) is 4.74 Å². The Kier molecular flexibility index (Phi) is 4.07. The Bertz CT molecular complexity index is 834. The number of carbonyl (C=O) groups is 1. The average Bonchev–Trinajstić information content (AvgIpc) is 3.09. The molecule has 2 heterocycles. The third kappa shape index (κ3) is 3.01. The Hall–Kier alpha value is -2.60. The van der Waals surface area contributed by atoms with Crippen LogP contribution in [-0.4, -0.2) is 36.3 Å². The average molecular weight is 357 g/mol. The van der Waals surface area contributed by atoms with Gasteiger partial charge in [-0.25, -0.2) is 4.39 Å². The molecule has 1 atom stereocenters. The quantitative estimate of drug-likeness (QED) is 0.825. The van der Waals surface area contributed by atoms with Gasteiger partial charge in [-0.3, -0.25) is 4.79 Å². The summed E-state index contributed by atoms with van der Waals surface area (Å²) < 4.78 is 29.8. The van der Waals surface area contributed by atoms with Gasteiger partial charge in [0.1, 0.15) is 11.9 Å². The molecule has 2 aromatic rings. The van der Waals surface area contributed by atoms with Crippen molar-refractivity contribution in [2.75, 3.05) is 19.9 Å². The summed E-state index contributed by atoms with van der Waals surface area (Å²) in [5.74, 6) is 0.839. The van der Waals surface area contributed by atoms with E-state index in [1.807, 2.05) is 18.7 Å². The Labute approximate surface area is 151 Å². The molecule has 0 N–H and O–H groups in total. The molecule has 5 nitrogen and oxygen atoms in total. The van der Waals surface area contributed by atoms with E-state index in [1.54, 1.807) is 30.3 Å². The SMILES string of the molecule is CC1(C)COC(c2ccc(F)cc2)CN1C(=O)c1ccc2c(c1)OCO2. The van der Waals surface area contributed by atoms with E-state index in [1.165, 1.54) is 12.1 Å². The van der Waals surface area contributed by atoms with Gasteiger partial charge >= 0.3 is 0 Å². The number of nitrogens with zero attached hydrogens (tertiary/aromatic N) is 1. The van der Waals surface area contributed by atoms with Crippen molar-refractivity contribution in [1.29, 1.82) is 0 Å². The minimum absolute atomic E-state index is 0.0938. The first-order valence-corrected chi connectivity index (χ1v) is 8.53. The molecule has 0 aliphatic carbocycles. The standard InChI is InChI=1S/C20H20FNO4/c1-20(2)11-24-18(13-3-6-15(21)7-4-13)10-22(20)19(23)14-5-8-16-17(9-14)26-12-25-16/h3-9,18H,10-12H2,1-2H3. The number of fused-ring (bicyclic) bond motifs is 1. The van der Waals surface area contributed by atoms with Crippen LogP contribution in [0.15, 0.2) is 42.5 Å². The van der Waals surface area contributed by atoms with Crippen molar-refractivity contribution in [3.05, 3.63) is 59.4 Å². The lowest BCUT2D eigenvalue weighted by Crippen LogP contribution is -2.56. The van der Waals surface area contributed by atoms with Crippen molar-refractivity contribution in [3.63, 3.8) is 0 Å². The lowest BCUT2D eigenvalue weighted by Gasteiger charge is -2.45. The van der Waals surface area contributed by atoms with E-state index >= 15 is 0 Å². The van der Waals surface area contributed by atoms with Crippen LogP contribution in [0.25, 0.3) is 0 Å². The highest BCUT2D eigenvalue weighted by Crippen LogP contribution is 2.35. The van der Waals surface area contributed by atoms with Crippen LogP contribution in [0, 0.1) is 5.82 Å². The molecule has 0 saturated carbocycles. The Morgan fingerprint density at radius 2 is 1.85 bits per heavy atom. The fraction of sp³-hybridized carbons (Fsp3) is 0.350. The summed E-state index contributed by atoms with van der Waals surface area (Å²) in [7, 11) is 0. The van der Waals surface area contributed by atoms with E-state index in [2.05, 4.69) is 0 Å². The smallest absolute Gasteiger partial charge is 0.254 e. The van der Waals surface area contributed by atoms with E-state index in [0.717, 1.165) is 5.56 Å². The molecule has 0 spiro atoms. The molecule has 6 heteroatoms. The van der Waals surface area contributed by atoms with Crippen LogP contribution in [0.5, 0.6) is 11.5 Å². The molecular formula is C20H20FNO4. The first-order valence-electron chi connectivity index (χ1n) is 8.53. The number of morpholine rings is 1. The highest BCUT2D eigenvalue weighted by Gasteiger charge is 2.39. The second-order valence-electron chi connectivity index (χ2n) is 7.15. The summed E-state index contributed by atoms with van der Waals surface area (Å²) in [6, 6.07) is 11.4. The first-order chi connectivity index (χ1) is 12.4. The molecule has 2 aromatic carbocycles. The van der Waals surface area contributed by atoms with E-state index in [9.17, 15) is 9.18 Å². The lowest BCUT2D eigenvalue weighted by atomic mass is 9.96. The molecule has 0 aromatic heterocycles. The molecular weight excluding hydrogens is 337 g/mol. The van der Waals surface area contributed by atoms with Crippen LogP contribution in [0.2, 0.25) is 0 Å². The van der Waals surface area contributed by atoms with Crippen LogP contribution < -0.4 is 9.47 Å². The second-order valence-corrected chi connectivity index (χ2v) is 7.15. The number of carbonyl (C=O) groups excluding carboxylic acids is 1. The highest BCUT2D eigenvalue weighted by atomic mass is 19.1. The summed E-state index contributed by atoms with van der Waals surface area (Å²) in [4.78, 5) is 15.0. The first kappa shape index (κ1) is 16.8.